The van der Waals surface area contributed by atoms with Gasteiger partial charge in [0.2, 0.25) is 5.91 Å². The van der Waals surface area contributed by atoms with Crippen LogP contribution in [0.1, 0.15) is 84.0 Å². The Labute approximate surface area is 141 Å². The molecule has 4 nitrogen and oxygen atoms in total. The number of nitrogens with one attached hydrogen (secondary N) is 1. The predicted octanol–water partition coefficient (Wildman–Crippen LogP) is 4.28. The van der Waals surface area contributed by atoms with Crippen LogP contribution in [0.15, 0.2) is 12.7 Å². The van der Waals surface area contributed by atoms with Crippen LogP contribution < -0.4 is 5.32 Å². The van der Waals surface area contributed by atoms with E-state index in [4.69, 9.17) is 4.74 Å². The van der Waals surface area contributed by atoms with Crippen LogP contribution in [-0.4, -0.2) is 24.0 Å². The largest absolute Gasteiger partial charge is 0.457 e. The van der Waals surface area contributed by atoms with Crippen molar-refractivity contribution in [3.63, 3.8) is 0 Å². The van der Waals surface area contributed by atoms with Crippen molar-refractivity contribution >= 4 is 11.9 Å². The SMILES string of the molecule is C=CC1CCCCCCCCCCCCC(=O)N[C@@H](C)C(=O)O1. The maximum Gasteiger partial charge on any atom is 0.328 e. The molecule has 1 amide bonds. The molecule has 1 aliphatic heterocycles. The zero-order chi connectivity index (χ0) is 16.9. The molecule has 0 aliphatic carbocycles. The molecule has 132 valence electrons. The van der Waals surface area contributed by atoms with Crippen molar-refractivity contribution in [2.75, 3.05) is 0 Å². The molecule has 0 radical (unpaired) electrons. The monoisotopic (exact) mass is 323 g/mol. The summed E-state index contributed by atoms with van der Waals surface area (Å²) in [6, 6.07) is -0.594. The van der Waals surface area contributed by atoms with E-state index in [0.717, 1.165) is 25.7 Å². The minimum absolute atomic E-state index is 0.0641. The highest BCUT2D eigenvalue weighted by Crippen LogP contribution is 2.14. The van der Waals surface area contributed by atoms with Gasteiger partial charge in [-0.25, -0.2) is 4.79 Å². The second-order valence-electron chi connectivity index (χ2n) is 6.57. The first kappa shape index (κ1) is 19.7. The smallest absolute Gasteiger partial charge is 0.328 e. The number of amides is 1. The molecule has 2 atom stereocenters. The number of ether oxygens (including phenoxy) is 1. The maximum absolute atomic E-state index is 12.0. The lowest BCUT2D eigenvalue weighted by Crippen LogP contribution is -2.40. The van der Waals surface area contributed by atoms with E-state index >= 15 is 0 Å². The molecule has 0 aromatic rings. The van der Waals surface area contributed by atoms with Crippen molar-refractivity contribution in [3.8, 4) is 0 Å². The first-order valence-corrected chi connectivity index (χ1v) is 9.26. The third-order valence-corrected chi connectivity index (χ3v) is 4.40. The first-order chi connectivity index (χ1) is 11.1. The Bertz CT molecular complexity index is 368. The summed E-state index contributed by atoms with van der Waals surface area (Å²) in [5.74, 6) is -0.435. The van der Waals surface area contributed by atoms with Crippen molar-refractivity contribution in [2.24, 2.45) is 0 Å². The number of carbonyl (C=O) groups is 2. The van der Waals surface area contributed by atoms with E-state index in [1.165, 1.54) is 44.9 Å². The molecular weight excluding hydrogens is 290 g/mol. The molecule has 0 spiro atoms. The minimum Gasteiger partial charge on any atom is -0.457 e. The van der Waals surface area contributed by atoms with Crippen molar-refractivity contribution in [2.45, 2.75) is 96.1 Å². The molecule has 1 aliphatic rings. The summed E-state index contributed by atoms with van der Waals surface area (Å²) in [5.41, 5.74) is 0. The van der Waals surface area contributed by atoms with Gasteiger partial charge in [0.25, 0.3) is 0 Å². The Morgan fingerprint density at radius 2 is 1.48 bits per heavy atom. The van der Waals surface area contributed by atoms with Crippen LogP contribution >= 0.6 is 0 Å². The third kappa shape index (κ3) is 9.42. The average Bonchev–Trinajstić information content (AvgIpc) is 2.53. The van der Waals surface area contributed by atoms with E-state index in [2.05, 4.69) is 11.9 Å². The van der Waals surface area contributed by atoms with Gasteiger partial charge < -0.3 is 10.1 Å². The molecule has 0 bridgehead atoms. The molecule has 1 saturated heterocycles. The van der Waals surface area contributed by atoms with Gasteiger partial charge in [-0.1, -0.05) is 64.0 Å². The predicted molar refractivity (Wildman–Crippen MR) is 93.1 cm³/mol. The highest BCUT2D eigenvalue weighted by molar-refractivity contribution is 5.84. The average molecular weight is 323 g/mol. The second kappa shape index (κ2) is 12.1. The molecule has 0 saturated carbocycles. The number of rotatable bonds is 1. The van der Waals surface area contributed by atoms with Crippen LogP contribution in [-0.2, 0) is 14.3 Å². The second-order valence-corrected chi connectivity index (χ2v) is 6.57. The van der Waals surface area contributed by atoms with Gasteiger partial charge >= 0.3 is 5.97 Å². The van der Waals surface area contributed by atoms with Crippen LogP contribution in [0.25, 0.3) is 0 Å². The maximum atomic E-state index is 12.0. The summed E-state index contributed by atoms with van der Waals surface area (Å²) in [6.45, 7) is 5.43. The topological polar surface area (TPSA) is 55.4 Å². The third-order valence-electron chi connectivity index (χ3n) is 4.40. The number of carbonyl (C=O) groups excluding carboxylic acids is 2. The molecule has 1 unspecified atom stereocenters. The van der Waals surface area contributed by atoms with Gasteiger partial charge in [0.15, 0.2) is 0 Å². The van der Waals surface area contributed by atoms with Crippen LogP contribution in [0.3, 0.4) is 0 Å². The summed E-state index contributed by atoms with van der Waals surface area (Å²) in [7, 11) is 0. The van der Waals surface area contributed by atoms with Crippen molar-refractivity contribution in [1.29, 1.82) is 0 Å². The molecule has 0 aromatic heterocycles. The highest BCUT2D eigenvalue weighted by Gasteiger charge is 2.19. The van der Waals surface area contributed by atoms with Crippen molar-refractivity contribution in [1.82, 2.24) is 5.32 Å². The first-order valence-electron chi connectivity index (χ1n) is 9.26. The molecule has 23 heavy (non-hydrogen) atoms. The fourth-order valence-electron chi connectivity index (χ4n) is 2.89. The molecule has 1 rings (SSSR count). The number of hydrogen-bond acceptors (Lipinski definition) is 3. The van der Waals surface area contributed by atoms with Gasteiger partial charge in [-0.3, -0.25) is 4.79 Å². The van der Waals surface area contributed by atoms with E-state index in [9.17, 15) is 9.59 Å². The molecule has 0 aromatic carbocycles. The zero-order valence-corrected chi connectivity index (χ0v) is 14.6. The lowest BCUT2D eigenvalue weighted by molar-refractivity contribution is -0.150. The number of hydrogen-bond donors (Lipinski definition) is 1. The Hall–Kier alpha value is -1.32. The van der Waals surface area contributed by atoms with Gasteiger partial charge in [-0.05, 0) is 26.2 Å². The van der Waals surface area contributed by atoms with Crippen LogP contribution in [0.4, 0.5) is 0 Å². The minimum atomic E-state index is -0.594. The van der Waals surface area contributed by atoms with Gasteiger partial charge in [0.1, 0.15) is 12.1 Å². The quantitative estimate of drug-likeness (QED) is 0.579. The van der Waals surface area contributed by atoms with Crippen LogP contribution in [0.2, 0.25) is 0 Å². The summed E-state index contributed by atoms with van der Waals surface area (Å²) < 4.78 is 5.43. The molecular formula is C19H33NO3. The van der Waals surface area contributed by atoms with Crippen LogP contribution in [0.5, 0.6) is 0 Å². The van der Waals surface area contributed by atoms with E-state index in [0.29, 0.717) is 6.42 Å². The summed E-state index contributed by atoms with van der Waals surface area (Å²) in [5, 5.41) is 2.73. The van der Waals surface area contributed by atoms with Crippen molar-refractivity contribution in [3.05, 3.63) is 12.7 Å². The van der Waals surface area contributed by atoms with Gasteiger partial charge in [-0.15, -0.1) is 0 Å². The Kier molecular flexibility index (Phi) is 10.4. The summed E-state index contributed by atoms with van der Waals surface area (Å²) >= 11 is 0. The summed E-state index contributed by atoms with van der Waals surface area (Å²) in [6.07, 6.45) is 14.6. The number of esters is 1. The highest BCUT2D eigenvalue weighted by atomic mass is 16.5. The van der Waals surface area contributed by atoms with E-state index in [1.54, 1.807) is 13.0 Å². The molecule has 1 fully saturated rings. The molecule has 1 heterocycles. The normalized spacial score (nSPS) is 27.2. The van der Waals surface area contributed by atoms with Gasteiger partial charge in [-0.2, -0.15) is 0 Å². The fraction of sp³-hybridized carbons (Fsp3) is 0.789. The van der Waals surface area contributed by atoms with Crippen molar-refractivity contribution < 1.29 is 14.3 Å². The zero-order valence-electron chi connectivity index (χ0n) is 14.6. The molecule has 1 N–H and O–H groups in total. The van der Waals surface area contributed by atoms with Gasteiger partial charge in [0, 0.05) is 6.42 Å². The Balaban J connectivity index is 2.48. The standard InChI is InChI=1S/C19H33NO3/c1-3-17-14-12-10-8-6-4-5-7-9-11-13-15-18(21)20-16(2)19(22)23-17/h3,16-17H,1,4-15H2,2H3,(H,20,21)/t16-,17?/m0/s1. The van der Waals surface area contributed by atoms with Crippen LogP contribution in [0, 0.1) is 0 Å². The molecule has 4 heteroatoms. The fourth-order valence-corrected chi connectivity index (χ4v) is 2.89. The van der Waals surface area contributed by atoms with E-state index < -0.39 is 6.04 Å². The lowest BCUT2D eigenvalue weighted by atomic mass is 10.0. The summed E-state index contributed by atoms with van der Waals surface area (Å²) in [4.78, 5) is 23.9. The van der Waals surface area contributed by atoms with E-state index in [-0.39, 0.29) is 18.0 Å². The van der Waals surface area contributed by atoms with E-state index in [1.807, 2.05) is 0 Å². The Morgan fingerprint density at radius 1 is 0.957 bits per heavy atom. The Morgan fingerprint density at radius 3 is 2.04 bits per heavy atom. The lowest BCUT2D eigenvalue weighted by Gasteiger charge is -2.18. The number of cyclic esters (lactones) is 1. The van der Waals surface area contributed by atoms with Gasteiger partial charge in [0.05, 0.1) is 0 Å².